The number of nitrogens with two attached hydrogens (primary N) is 1. The van der Waals surface area contributed by atoms with Gasteiger partial charge in [0, 0.05) is 0 Å². The minimum absolute atomic E-state index is 0.0906. The number of carbonyl (C=O) groups is 1. The van der Waals surface area contributed by atoms with Gasteiger partial charge in [-0.3, -0.25) is 14.6 Å². The zero-order valence-electron chi connectivity index (χ0n) is 10.2. The Bertz CT molecular complexity index is 617. The van der Waals surface area contributed by atoms with E-state index in [0.29, 0.717) is 0 Å². The van der Waals surface area contributed by atoms with Crippen molar-refractivity contribution in [1.82, 2.24) is 9.97 Å². The molecular formula is C10H13N5O5. The van der Waals surface area contributed by atoms with Gasteiger partial charge < -0.3 is 30.9 Å². The second-order valence-electron chi connectivity index (χ2n) is 4.51. The number of aliphatic hydroxyl groups is 2. The lowest BCUT2D eigenvalue weighted by atomic mass is 10.1. The molecule has 2 aliphatic rings. The number of H-pyrrole nitrogens is 1. The highest BCUT2D eigenvalue weighted by Gasteiger charge is 2.47. The molecule has 0 saturated carbocycles. The number of ketones is 1. The lowest BCUT2D eigenvalue weighted by Gasteiger charge is -2.22. The van der Waals surface area contributed by atoms with Crippen LogP contribution in [0.3, 0.4) is 0 Å². The number of nitrogens with one attached hydrogen (secondary N) is 2. The third-order valence-corrected chi connectivity index (χ3v) is 3.27. The van der Waals surface area contributed by atoms with Crippen LogP contribution in [-0.4, -0.2) is 57.7 Å². The van der Waals surface area contributed by atoms with Crippen LogP contribution in [0, 0.1) is 0 Å². The molecular weight excluding hydrogens is 270 g/mol. The summed E-state index contributed by atoms with van der Waals surface area (Å²) in [6.07, 6.45) is -3.52. The Hall–Kier alpha value is -2.17. The number of carbonyl (C=O) groups excluding carboxylic acids is 1. The van der Waals surface area contributed by atoms with E-state index in [9.17, 15) is 14.7 Å². The lowest BCUT2D eigenvalue weighted by molar-refractivity contribution is -0.127. The number of ether oxygens (including phenoxy) is 1. The van der Waals surface area contributed by atoms with Crippen molar-refractivity contribution < 1.29 is 19.7 Å². The highest BCUT2D eigenvalue weighted by Crippen LogP contribution is 2.31. The topological polar surface area (TPSA) is 154 Å². The van der Waals surface area contributed by atoms with E-state index in [1.165, 1.54) is 4.90 Å². The first kappa shape index (κ1) is 12.8. The number of aliphatic hydroxyl groups excluding tert-OH is 2. The third-order valence-electron chi connectivity index (χ3n) is 3.27. The predicted molar refractivity (Wildman–Crippen MR) is 67.0 cm³/mol. The molecule has 1 fully saturated rings. The van der Waals surface area contributed by atoms with Crippen LogP contribution in [0.2, 0.25) is 0 Å². The number of nitrogens with zero attached hydrogens (tertiary/aromatic N) is 2. The second-order valence-corrected chi connectivity index (χ2v) is 4.51. The first-order valence-corrected chi connectivity index (χ1v) is 5.91. The van der Waals surface area contributed by atoms with Gasteiger partial charge in [0.2, 0.25) is 11.7 Å². The third kappa shape index (κ3) is 1.73. The number of nitrogen functional groups attached to an aromatic ring is 1. The Kier molecular flexibility index (Phi) is 2.85. The van der Waals surface area contributed by atoms with E-state index in [1.54, 1.807) is 0 Å². The molecule has 0 radical (unpaired) electrons. The number of rotatable bonds is 2. The number of aromatic amines is 1. The number of hydrogen-bond donors (Lipinski definition) is 5. The van der Waals surface area contributed by atoms with Gasteiger partial charge in [-0.1, -0.05) is 0 Å². The van der Waals surface area contributed by atoms with Crippen molar-refractivity contribution in [2.75, 3.05) is 29.2 Å². The summed E-state index contributed by atoms with van der Waals surface area (Å²) in [5.74, 6) is -0.512. The fourth-order valence-corrected chi connectivity index (χ4v) is 2.28. The van der Waals surface area contributed by atoms with Crippen molar-refractivity contribution in [3.8, 4) is 0 Å². The summed E-state index contributed by atoms with van der Waals surface area (Å²) < 4.78 is 5.30. The van der Waals surface area contributed by atoms with Crippen molar-refractivity contribution in [3.05, 3.63) is 10.4 Å². The van der Waals surface area contributed by atoms with Crippen molar-refractivity contribution in [3.63, 3.8) is 0 Å². The molecule has 3 atom stereocenters. The van der Waals surface area contributed by atoms with Gasteiger partial charge in [-0.25, -0.2) is 0 Å². The number of Topliss-reactive ketones (excluding diaryl/α,β-unsaturated/α-hetero) is 1. The van der Waals surface area contributed by atoms with Gasteiger partial charge >= 0.3 is 0 Å². The molecule has 0 aliphatic carbocycles. The van der Waals surface area contributed by atoms with Crippen LogP contribution in [0.15, 0.2) is 4.79 Å². The van der Waals surface area contributed by atoms with Crippen molar-refractivity contribution in [1.29, 1.82) is 0 Å². The van der Waals surface area contributed by atoms with E-state index in [-0.39, 0.29) is 24.1 Å². The second kappa shape index (κ2) is 4.44. The summed E-state index contributed by atoms with van der Waals surface area (Å²) in [5, 5.41) is 21.5. The molecule has 2 aliphatic heterocycles. The number of anilines is 3. The summed E-state index contributed by atoms with van der Waals surface area (Å²) in [6, 6.07) is 0. The predicted octanol–water partition coefficient (Wildman–Crippen LogP) is -2.81. The van der Waals surface area contributed by atoms with Gasteiger partial charge in [-0.05, 0) is 0 Å². The maximum atomic E-state index is 11.9. The fraction of sp³-hybridized carbons (Fsp3) is 0.500. The molecule has 0 amide bonds. The molecule has 10 nitrogen and oxygen atoms in total. The maximum Gasteiger partial charge on any atom is 0.277 e. The average Bonchev–Trinajstić information content (AvgIpc) is 2.93. The lowest BCUT2D eigenvalue weighted by Crippen LogP contribution is -2.41. The van der Waals surface area contributed by atoms with E-state index in [1.807, 2.05) is 0 Å². The molecule has 0 bridgehead atoms. The van der Waals surface area contributed by atoms with Crippen LogP contribution < -0.4 is 21.5 Å². The molecule has 3 heterocycles. The molecule has 1 aromatic heterocycles. The molecule has 0 aromatic carbocycles. The summed E-state index contributed by atoms with van der Waals surface area (Å²) in [5.41, 5.74) is 5.19. The van der Waals surface area contributed by atoms with Crippen LogP contribution in [-0.2, 0) is 9.53 Å². The van der Waals surface area contributed by atoms with Crippen molar-refractivity contribution in [2.24, 2.45) is 0 Å². The SMILES string of the molecule is Nc1nc2c(c(=O)[nH]1)NCN2[C@@H]1O[C@H](CO)[C@@H](O)C1=O. The maximum absolute atomic E-state index is 11.9. The van der Waals surface area contributed by atoms with E-state index >= 15 is 0 Å². The van der Waals surface area contributed by atoms with Crippen LogP contribution in [0.25, 0.3) is 0 Å². The number of aromatic nitrogens is 2. The molecule has 6 N–H and O–H groups in total. The Balaban J connectivity index is 1.96. The summed E-state index contributed by atoms with van der Waals surface area (Å²) in [6.45, 7) is -0.376. The number of fused-ring (bicyclic) bond motifs is 1. The molecule has 0 spiro atoms. The normalized spacial score (nSPS) is 28.6. The molecule has 3 rings (SSSR count). The first-order chi connectivity index (χ1) is 9.52. The van der Waals surface area contributed by atoms with Gasteiger partial charge in [0.25, 0.3) is 5.56 Å². The highest BCUT2D eigenvalue weighted by atomic mass is 16.6. The van der Waals surface area contributed by atoms with Crippen molar-refractivity contribution in [2.45, 2.75) is 18.4 Å². The minimum Gasteiger partial charge on any atom is -0.394 e. The largest absolute Gasteiger partial charge is 0.394 e. The van der Waals surface area contributed by atoms with E-state index in [0.717, 1.165) is 0 Å². The number of hydrogen-bond acceptors (Lipinski definition) is 9. The molecule has 108 valence electrons. The average molecular weight is 283 g/mol. The quantitative estimate of drug-likeness (QED) is 0.387. The van der Waals surface area contributed by atoms with E-state index < -0.39 is 36.4 Å². The first-order valence-electron chi connectivity index (χ1n) is 5.91. The monoisotopic (exact) mass is 283 g/mol. The minimum atomic E-state index is -1.41. The Morgan fingerprint density at radius 3 is 2.90 bits per heavy atom. The van der Waals surface area contributed by atoms with Crippen LogP contribution in [0.1, 0.15) is 0 Å². The van der Waals surface area contributed by atoms with E-state index in [2.05, 4.69) is 15.3 Å². The summed E-state index contributed by atoms with van der Waals surface area (Å²) in [7, 11) is 0. The molecule has 1 saturated heterocycles. The molecule has 10 heteroatoms. The fourth-order valence-electron chi connectivity index (χ4n) is 2.28. The molecule has 1 aromatic rings. The Labute approximate surface area is 112 Å². The van der Waals surface area contributed by atoms with Gasteiger partial charge in [-0.15, -0.1) is 0 Å². The van der Waals surface area contributed by atoms with Gasteiger partial charge in [-0.2, -0.15) is 4.98 Å². The van der Waals surface area contributed by atoms with Gasteiger partial charge in [0.05, 0.1) is 13.3 Å². The Morgan fingerprint density at radius 1 is 1.50 bits per heavy atom. The van der Waals surface area contributed by atoms with E-state index in [4.69, 9.17) is 15.6 Å². The summed E-state index contributed by atoms with van der Waals surface area (Å²) in [4.78, 5) is 31.3. The molecule has 20 heavy (non-hydrogen) atoms. The van der Waals surface area contributed by atoms with Gasteiger partial charge in [0.15, 0.2) is 12.0 Å². The Morgan fingerprint density at radius 2 is 2.25 bits per heavy atom. The molecule has 0 unspecified atom stereocenters. The van der Waals surface area contributed by atoms with Crippen LogP contribution >= 0.6 is 0 Å². The standard InChI is InChI=1S/C10H13N5O5/c11-10-13-7-4(8(19)14-10)12-2-15(7)9-6(18)5(17)3(1-16)20-9/h3,5,9,12,16-17H,1-2H2,(H3,11,13,14,19)/t3-,5-,9-/m1/s1. The van der Waals surface area contributed by atoms with Crippen molar-refractivity contribution >= 4 is 23.2 Å². The smallest absolute Gasteiger partial charge is 0.277 e. The summed E-state index contributed by atoms with van der Waals surface area (Å²) >= 11 is 0. The van der Waals surface area contributed by atoms with Gasteiger partial charge in [0.1, 0.15) is 17.9 Å². The van der Waals surface area contributed by atoms with Crippen LogP contribution in [0.4, 0.5) is 17.5 Å². The van der Waals surface area contributed by atoms with Crippen LogP contribution in [0.5, 0.6) is 0 Å². The zero-order valence-corrected chi connectivity index (χ0v) is 10.2. The zero-order chi connectivity index (χ0) is 14.4. The highest BCUT2D eigenvalue weighted by molar-refractivity contribution is 5.93.